The van der Waals surface area contributed by atoms with E-state index in [4.69, 9.17) is 10.8 Å². The number of aliphatic carboxylic acids is 1. The lowest BCUT2D eigenvalue weighted by atomic mass is 10.1. The summed E-state index contributed by atoms with van der Waals surface area (Å²) in [5.41, 5.74) is 5.87. The maximum atomic E-state index is 12.7. The van der Waals surface area contributed by atoms with Crippen molar-refractivity contribution < 1.29 is 24.3 Å². The van der Waals surface area contributed by atoms with Crippen LogP contribution in [-0.4, -0.2) is 75.4 Å². The van der Waals surface area contributed by atoms with E-state index in [9.17, 15) is 19.2 Å². The van der Waals surface area contributed by atoms with Crippen molar-refractivity contribution in [3.8, 4) is 0 Å². The second-order valence-corrected chi connectivity index (χ2v) is 7.00. The summed E-state index contributed by atoms with van der Waals surface area (Å²) in [6.07, 6.45) is 5.21. The van der Waals surface area contributed by atoms with E-state index in [1.807, 2.05) is 6.26 Å². The number of nitrogens with zero attached hydrogens (tertiary/aromatic N) is 1. The van der Waals surface area contributed by atoms with E-state index in [2.05, 4.69) is 25.9 Å². The minimum absolute atomic E-state index is 0.0734. The van der Waals surface area contributed by atoms with E-state index in [1.165, 1.54) is 31.2 Å². The lowest BCUT2D eigenvalue weighted by molar-refractivity contribution is -0.141. The zero-order valence-corrected chi connectivity index (χ0v) is 16.5. The highest BCUT2D eigenvalue weighted by atomic mass is 32.2. The Morgan fingerprint density at radius 1 is 1.21 bits per heavy atom. The van der Waals surface area contributed by atoms with Crippen LogP contribution in [0.2, 0.25) is 0 Å². The van der Waals surface area contributed by atoms with E-state index in [-0.39, 0.29) is 13.0 Å². The summed E-state index contributed by atoms with van der Waals surface area (Å²) in [6.45, 7) is 1.05. The summed E-state index contributed by atoms with van der Waals surface area (Å²) in [4.78, 5) is 54.5. The smallest absolute Gasteiger partial charge is 0.325 e. The van der Waals surface area contributed by atoms with Gasteiger partial charge in [0.05, 0.1) is 12.9 Å². The summed E-state index contributed by atoms with van der Waals surface area (Å²) in [7, 11) is 0. The highest BCUT2D eigenvalue weighted by Crippen LogP contribution is 2.04. The monoisotopic (exact) mass is 414 g/mol. The predicted octanol–water partition coefficient (Wildman–Crippen LogP) is -1.78. The van der Waals surface area contributed by atoms with Gasteiger partial charge in [-0.05, 0) is 25.4 Å². The van der Waals surface area contributed by atoms with Gasteiger partial charge in [0.2, 0.25) is 17.7 Å². The van der Waals surface area contributed by atoms with Crippen LogP contribution in [0, 0.1) is 0 Å². The number of nitrogens with two attached hydrogens (primary N) is 1. The lowest BCUT2D eigenvalue weighted by Gasteiger charge is -2.23. The second-order valence-electron chi connectivity index (χ2n) is 6.02. The minimum Gasteiger partial charge on any atom is -0.480 e. The number of hydrogen-bond donors (Lipinski definition) is 6. The van der Waals surface area contributed by atoms with Crippen molar-refractivity contribution in [2.75, 3.05) is 18.6 Å². The fourth-order valence-electron chi connectivity index (χ4n) is 2.23. The number of carboxylic acids is 1. The molecule has 28 heavy (non-hydrogen) atoms. The Bertz CT molecular complexity index is 668. The highest BCUT2D eigenvalue weighted by molar-refractivity contribution is 7.98. The summed E-state index contributed by atoms with van der Waals surface area (Å²) in [5.74, 6) is -2.30. The Labute approximate surface area is 166 Å². The van der Waals surface area contributed by atoms with Gasteiger partial charge in [-0.2, -0.15) is 11.8 Å². The van der Waals surface area contributed by atoms with Gasteiger partial charge in [-0.25, -0.2) is 4.98 Å². The van der Waals surface area contributed by atoms with Crippen molar-refractivity contribution in [1.82, 2.24) is 25.9 Å². The average Bonchev–Trinajstić information content (AvgIpc) is 3.16. The molecule has 7 N–H and O–H groups in total. The van der Waals surface area contributed by atoms with E-state index in [0.29, 0.717) is 17.9 Å². The first-order valence-corrected chi connectivity index (χ1v) is 9.97. The summed E-state index contributed by atoms with van der Waals surface area (Å²) in [5, 5.41) is 16.4. The van der Waals surface area contributed by atoms with Gasteiger partial charge in [0.25, 0.3) is 0 Å². The van der Waals surface area contributed by atoms with Crippen LogP contribution in [0.3, 0.4) is 0 Å². The first-order chi connectivity index (χ1) is 13.3. The largest absolute Gasteiger partial charge is 0.480 e. The van der Waals surface area contributed by atoms with Crippen LogP contribution in [0.15, 0.2) is 12.5 Å². The zero-order chi connectivity index (χ0) is 21.1. The van der Waals surface area contributed by atoms with Gasteiger partial charge in [0.15, 0.2) is 0 Å². The van der Waals surface area contributed by atoms with Crippen LogP contribution in [0.1, 0.15) is 19.0 Å². The molecule has 0 fully saturated rings. The van der Waals surface area contributed by atoms with E-state index >= 15 is 0 Å². The lowest BCUT2D eigenvalue weighted by Crippen LogP contribution is -2.56. The number of carbonyl (C=O) groups is 4. The van der Waals surface area contributed by atoms with Crippen LogP contribution < -0.4 is 21.7 Å². The van der Waals surface area contributed by atoms with Gasteiger partial charge in [-0.3, -0.25) is 19.2 Å². The molecule has 3 atom stereocenters. The molecule has 0 aliphatic heterocycles. The summed E-state index contributed by atoms with van der Waals surface area (Å²) < 4.78 is 0. The minimum atomic E-state index is -1.20. The van der Waals surface area contributed by atoms with Gasteiger partial charge in [-0.1, -0.05) is 0 Å². The fourth-order valence-corrected chi connectivity index (χ4v) is 2.70. The maximum absolute atomic E-state index is 12.7. The number of imidazole rings is 1. The van der Waals surface area contributed by atoms with Gasteiger partial charge in [0.1, 0.15) is 18.1 Å². The second kappa shape index (κ2) is 12.0. The Morgan fingerprint density at radius 3 is 2.43 bits per heavy atom. The number of aromatic nitrogens is 2. The molecule has 0 aliphatic rings. The van der Waals surface area contributed by atoms with Gasteiger partial charge in [0, 0.05) is 18.3 Å². The zero-order valence-electron chi connectivity index (χ0n) is 15.7. The molecule has 0 aromatic carbocycles. The van der Waals surface area contributed by atoms with Crippen molar-refractivity contribution in [2.24, 2.45) is 5.73 Å². The number of nitrogens with one attached hydrogen (secondary N) is 4. The molecule has 1 heterocycles. The molecule has 156 valence electrons. The third-order valence-corrected chi connectivity index (χ3v) is 4.43. The molecule has 11 nitrogen and oxygen atoms in total. The Hall–Kier alpha value is -2.60. The molecule has 1 aromatic rings. The number of carbonyl (C=O) groups excluding carboxylic acids is 3. The van der Waals surface area contributed by atoms with Crippen LogP contribution in [0.4, 0.5) is 0 Å². The van der Waals surface area contributed by atoms with Crippen molar-refractivity contribution in [3.63, 3.8) is 0 Å². The molecule has 0 aliphatic carbocycles. The molecule has 0 spiro atoms. The van der Waals surface area contributed by atoms with E-state index in [1.54, 1.807) is 0 Å². The molecule has 3 unspecified atom stereocenters. The van der Waals surface area contributed by atoms with Crippen molar-refractivity contribution in [2.45, 2.75) is 37.9 Å². The molecular weight excluding hydrogens is 388 g/mol. The van der Waals surface area contributed by atoms with E-state index in [0.717, 1.165) is 0 Å². The molecule has 1 aromatic heterocycles. The highest BCUT2D eigenvalue weighted by Gasteiger charge is 2.28. The van der Waals surface area contributed by atoms with Crippen LogP contribution in [0.25, 0.3) is 0 Å². The molecule has 0 bridgehead atoms. The van der Waals surface area contributed by atoms with Gasteiger partial charge in [-0.15, -0.1) is 0 Å². The number of hydrogen-bond acceptors (Lipinski definition) is 7. The number of aromatic amines is 1. The number of amides is 3. The standard InChI is InChI=1S/C16H26N6O5S/c1-9(16(26)27)20-15(25)12(5-10-7-18-8-19-10)22-14(24)11(3-4-28-2)21-13(23)6-17/h7-9,11-12H,3-6,17H2,1-2H3,(H,18,19)(H,20,25)(H,21,23)(H,22,24)(H,26,27). The van der Waals surface area contributed by atoms with Crippen molar-refractivity contribution in [3.05, 3.63) is 18.2 Å². The number of carboxylic acid groups (broad SMARTS) is 1. The Balaban J connectivity index is 2.91. The molecule has 0 saturated carbocycles. The topological polar surface area (TPSA) is 179 Å². The molecule has 3 amide bonds. The fraction of sp³-hybridized carbons (Fsp3) is 0.562. The maximum Gasteiger partial charge on any atom is 0.325 e. The predicted molar refractivity (Wildman–Crippen MR) is 103 cm³/mol. The SMILES string of the molecule is CSCCC(NC(=O)CN)C(=O)NC(Cc1cnc[nH]1)C(=O)NC(C)C(=O)O. The number of H-pyrrole nitrogens is 1. The molecule has 1 rings (SSSR count). The quantitative estimate of drug-likeness (QED) is 0.232. The van der Waals surface area contributed by atoms with Crippen molar-refractivity contribution in [1.29, 1.82) is 0 Å². The van der Waals surface area contributed by atoms with E-state index < -0.39 is 41.8 Å². The van der Waals surface area contributed by atoms with Crippen LogP contribution >= 0.6 is 11.8 Å². The van der Waals surface area contributed by atoms with Gasteiger partial charge < -0.3 is 31.8 Å². The Morgan fingerprint density at radius 2 is 1.89 bits per heavy atom. The van der Waals surface area contributed by atoms with Crippen molar-refractivity contribution >= 4 is 35.5 Å². The molecular formula is C16H26N6O5S. The number of thioether (sulfide) groups is 1. The van der Waals surface area contributed by atoms with Gasteiger partial charge >= 0.3 is 5.97 Å². The Kier molecular flexibility index (Phi) is 10.0. The molecule has 0 radical (unpaired) electrons. The first kappa shape index (κ1) is 23.4. The normalized spacial score (nSPS) is 13.8. The molecule has 0 saturated heterocycles. The van der Waals surface area contributed by atoms with Crippen LogP contribution in [0.5, 0.6) is 0 Å². The molecule has 12 heteroatoms. The summed E-state index contributed by atoms with van der Waals surface area (Å²) >= 11 is 1.50. The average molecular weight is 414 g/mol. The van der Waals surface area contributed by atoms with Crippen LogP contribution in [-0.2, 0) is 25.6 Å². The third-order valence-electron chi connectivity index (χ3n) is 3.79. The summed E-state index contributed by atoms with van der Waals surface area (Å²) in [6, 6.07) is -3.04. The first-order valence-electron chi connectivity index (χ1n) is 8.57. The third kappa shape index (κ3) is 7.96. The number of rotatable bonds is 12.